The van der Waals surface area contributed by atoms with E-state index in [2.05, 4.69) is 20.6 Å². The number of aliphatic hydroxyl groups is 1. The molecule has 2 atom stereocenters. The highest BCUT2D eigenvalue weighted by atomic mass is 35.5. The number of aliphatic hydroxyl groups excluding tert-OH is 1. The van der Waals surface area contributed by atoms with Gasteiger partial charge in [0.05, 0.1) is 26.6 Å². The molecule has 2 N–H and O–H groups in total. The molecule has 250 valence electrons. The number of hydrogen-bond acceptors (Lipinski definition) is 10. The fraction of sp³-hybridized carbons (Fsp3) is 0.250. The number of nitrogens with zero attached hydrogens (tertiary/aromatic N) is 3. The molecular weight excluding hydrogens is 668 g/mol. The lowest BCUT2D eigenvalue weighted by atomic mass is 10.0. The molecule has 0 saturated heterocycles. The van der Waals surface area contributed by atoms with Crippen LogP contribution >= 0.6 is 35.1 Å². The first kappa shape index (κ1) is 36.7. The number of hydrogen-bond donors (Lipinski definition) is 2. The van der Waals surface area contributed by atoms with Gasteiger partial charge in [0, 0.05) is 45.2 Å². The van der Waals surface area contributed by atoms with Crippen molar-refractivity contribution in [3.63, 3.8) is 0 Å². The van der Waals surface area contributed by atoms with Gasteiger partial charge < -0.3 is 14.6 Å². The minimum absolute atomic E-state index is 0.00267. The van der Waals surface area contributed by atoms with E-state index < -0.39 is 0 Å². The summed E-state index contributed by atoms with van der Waals surface area (Å²) in [5.41, 5.74) is 3.49. The van der Waals surface area contributed by atoms with Gasteiger partial charge in [-0.25, -0.2) is 0 Å². The molecule has 1 heterocycles. The smallest absolute Gasteiger partial charge is 0.184 e. The second-order valence-corrected chi connectivity index (χ2v) is 13.3. The van der Waals surface area contributed by atoms with Crippen molar-refractivity contribution in [2.45, 2.75) is 29.1 Å². The van der Waals surface area contributed by atoms with E-state index in [1.165, 1.54) is 0 Å². The minimum Gasteiger partial charge on any atom is -0.497 e. The molecule has 5 rings (SSSR count). The first-order valence-corrected chi connectivity index (χ1v) is 17.6. The van der Waals surface area contributed by atoms with Crippen LogP contribution in [-0.2, 0) is 5.75 Å². The zero-order valence-electron chi connectivity index (χ0n) is 26.6. The zero-order chi connectivity index (χ0) is 34.1. The number of aromatic amines is 1. The Morgan fingerprint density at radius 2 is 1.27 bits per heavy atom. The summed E-state index contributed by atoms with van der Waals surface area (Å²) in [6, 6.07) is 31.8. The second-order valence-electron chi connectivity index (χ2n) is 10.4. The number of halogens is 1. The third-order valence-corrected chi connectivity index (χ3v) is 9.97. The quantitative estimate of drug-likeness (QED) is 0.0981. The van der Waals surface area contributed by atoms with Crippen molar-refractivity contribution in [1.82, 2.24) is 20.6 Å². The van der Waals surface area contributed by atoms with Crippen LogP contribution in [0, 0.1) is 0 Å². The Hall–Kier alpha value is -4.16. The van der Waals surface area contributed by atoms with Gasteiger partial charge >= 0.3 is 0 Å². The third kappa shape index (κ3) is 11.5. The normalized spacial score (nSPS) is 11.9. The van der Waals surface area contributed by atoms with Crippen LogP contribution in [-0.4, -0.2) is 63.9 Å². The van der Waals surface area contributed by atoms with Gasteiger partial charge in [-0.3, -0.25) is 9.59 Å². The summed E-state index contributed by atoms with van der Waals surface area (Å²) >= 11 is 9.06. The van der Waals surface area contributed by atoms with E-state index in [9.17, 15) is 9.59 Å². The maximum absolute atomic E-state index is 12.6. The van der Waals surface area contributed by atoms with Crippen LogP contribution in [0.1, 0.15) is 61.0 Å². The van der Waals surface area contributed by atoms with Crippen LogP contribution in [0.25, 0.3) is 0 Å². The van der Waals surface area contributed by atoms with Gasteiger partial charge in [-0.1, -0.05) is 71.4 Å². The van der Waals surface area contributed by atoms with Crippen molar-refractivity contribution in [2.24, 2.45) is 0 Å². The van der Waals surface area contributed by atoms with E-state index in [0.29, 0.717) is 40.8 Å². The number of nitrogens with one attached hydrogen (secondary N) is 1. The third-order valence-electron chi connectivity index (χ3n) is 7.19. The molecule has 0 aliphatic carbocycles. The number of ketones is 2. The van der Waals surface area contributed by atoms with Gasteiger partial charge in [-0.15, -0.1) is 22.0 Å². The average Bonchev–Trinajstić information content (AvgIpc) is 3.66. The Balaban J connectivity index is 0.000000218. The number of carbonyl (C=O) groups excluding carboxylic acids is 2. The molecule has 0 amide bonds. The number of carbonyl (C=O) groups is 2. The number of methoxy groups -OCH3 is 2. The number of rotatable bonds is 16. The van der Waals surface area contributed by atoms with E-state index in [4.69, 9.17) is 26.2 Å². The monoisotopic (exact) mass is 704 g/mol. The Morgan fingerprint density at radius 3 is 1.75 bits per heavy atom. The summed E-state index contributed by atoms with van der Waals surface area (Å²) < 4.78 is 10.4. The lowest BCUT2D eigenvalue weighted by Gasteiger charge is -2.16. The van der Waals surface area contributed by atoms with Crippen LogP contribution in [0.4, 0.5) is 0 Å². The average molecular weight is 705 g/mol. The Bertz CT molecular complexity index is 1680. The van der Waals surface area contributed by atoms with Gasteiger partial charge in [-0.2, -0.15) is 17.0 Å². The molecule has 48 heavy (non-hydrogen) atoms. The van der Waals surface area contributed by atoms with Gasteiger partial charge in [0.25, 0.3) is 0 Å². The van der Waals surface area contributed by atoms with Gasteiger partial charge in [0.1, 0.15) is 11.5 Å². The van der Waals surface area contributed by atoms with Gasteiger partial charge in [0.15, 0.2) is 17.4 Å². The van der Waals surface area contributed by atoms with Crippen molar-refractivity contribution >= 4 is 46.7 Å². The lowest BCUT2D eigenvalue weighted by molar-refractivity contribution is 0.0974. The number of ether oxygens (including phenoxy) is 2. The first-order chi connectivity index (χ1) is 23.4. The van der Waals surface area contributed by atoms with Gasteiger partial charge in [-0.05, 0) is 59.7 Å². The predicted molar refractivity (Wildman–Crippen MR) is 192 cm³/mol. The molecule has 0 fully saturated rings. The van der Waals surface area contributed by atoms with Crippen molar-refractivity contribution < 1.29 is 24.2 Å². The largest absolute Gasteiger partial charge is 0.497 e. The molecule has 0 spiro atoms. The molecule has 0 saturated carbocycles. The van der Waals surface area contributed by atoms with Gasteiger partial charge in [0.2, 0.25) is 0 Å². The molecular formula is C36H37ClN4O5S2. The number of H-pyrrole nitrogens is 1. The van der Waals surface area contributed by atoms with Crippen LogP contribution in [0.15, 0.2) is 103 Å². The summed E-state index contributed by atoms with van der Waals surface area (Å²) in [5.74, 6) is 3.54. The summed E-state index contributed by atoms with van der Waals surface area (Å²) in [6.45, 7) is 0.0897. The highest BCUT2D eigenvalue weighted by molar-refractivity contribution is 7.99. The maximum Gasteiger partial charge on any atom is 0.184 e. The van der Waals surface area contributed by atoms with Crippen LogP contribution < -0.4 is 9.47 Å². The lowest BCUT2D eigenvalue weighted by Crippen LogP contribution is -2.07. The van der Waals surface area contributed by atoms with E-state index in [-0.39, 0.29) is 28.7 Å². The fourth-order valence-electron chi connectivity index (χ4n) is 4.63. The molecule has 1 aromatic heterocycles. The standard InChI is InChI=1S/C18H19ClO3S.C18H18N4O2S/c1-22-16-8-4-14(5-9-16)18(23-11-10-20)12-17(21)13-2-6-15(19)7-3-13;1-24-15-9-7-14(8-10-15)17(25-12-18-19-21-22-20-18)11-16(23)13-5-3-2-4-6-13/h2-9,18,20H,10-12H2,1H3;2-10,17H,11-12H2,1H3,(H,19,20,21,22). The van der Waals surface area contributed by atoms with Crippen LogP contribution in [0.3, 0.4) is 0 Å². The van der Waals surface area contributed by atoms with Crippen molar-refractivity contribution in [1.29, 1.82) is 0 Å². The van der Waals surface area contributed by atoms with Crippen molar-refractivity contribution in [2.75, 3.05) is 26.6 Å². The molecule has 0 radical (unpaired) electrons. The summed E-state index contributed by atoms with van der Waals surface area (Å²) in [6.07, 6.45) is 0.775. The first-order valence-electron chi connectivity index (χ1n) is 15.1. The Morgan fingerprint density at radius 1 is 0.750 bits per heavy atom. The van der Waals surface area contributed by atoms with Crippen LogP contribution in [0.5, 0.6) is 11.5 Å². The highest BCUT2D eigenvalue weighted by Crippen LogP contribution is 2.36. The number of tetrazole rings is 1. The van der Waals surface area contributed by atoms with E-state index in [1.54, 1.807) is 62.0 Å². The molecule has 9 nitrogen and oxygen atoms in total. The topological polar surface area (TPSA) is 127 Å². The van der Waals surface area contributed by atoms with E-state index in [1.807, 2.05) is 78.9 Å². The second kappa shape index (κ2) is 19.6. The van der Waals surface area contributed by atoms with E-state index in [0.717, 1.165) is 28.2 Å². The zero-order valence-corrected chi connectivity index (χ0v) is 29.0. The Labute approximate surface area is 293 Å². The number of aromatic nitrogens is 4. The fourth-order valence-corrected chi connectivity index (χ4v) is 6.86. The predicted octanol–water partition coefficient (Wildman–Crippen LogP) is 7.84. The van der Waals surface area contributed by atoms with Crippen LogP contribution in [0.2, 0.25) is 5.02 Å². The maximum atomic E-state index is 12.6. The number of thioether (sulfide) groups is 2. The number of Topliss-reactive ketones (excluding diaryl/α,β-unsaturated/α-hetero) is 2. The molecule has 0 aliphatic rings. The SMILES string of the molecule is COc1ccc(C(CC(=O)c2ccc(Cl)cc2)SCCO)cc1.COc1ccc(C(CC(=O)c2ccccc2)SCc2nn[nH]n2)cc1. The Kier molecular flexibility index (Phi) is 15.0. The minimum atomic E-state index is -0.00349. The molecule has 12 heteroatoms. The highest BCUT2D eigenvalue weighted by Gasteiger charge is 2.20. The van der Waals surface area contributed by atoms with Crippen molar-refractivity contribution in [3.8, 4) is 11.5 Å². The molecule has 0 bridgehead atoms. The molecule has 4 aromatic carbocycles. The number of benzene rings is 4. The van der Waals surface area contributed by atoms with Crippen molar-refractivity contribution in [3.05, 3.63) is 136 Å². The summed E-state index contributed by atoms with van der Waals surface area (Å²) in [5, 5.41) is 23.7. The summed E-state index contributed by atoms with van der Waals surface area (Å²) in [4.78, 5) is 25.1. The summed E-state index contributed by atoms with van der Waals surface area (Å²) in [7, 11) is 3.26. The molecule has 0 aliphatic heterocycles. The molecule has 5 aromatic rings. The molecule has 2 unspecified atom stereocenters. The van der Waals surface area contributed by atoms with E-state index >= 15 is 0 Å².